The summed E-state index contributed by atoms with van der Waals surface area (Å²) < 4.78 is 0. The van der Waals surface area contributed by atoms with Crippen molar-refractivity contribution < 1.29 is 20.1 Å². The van der Waals surface area contributed by atoms with Crippen LogP contribution in [0.1, 0.15) is 12.5 Å². The Bertz CT molecular complexity index is 849. The minimum atomic E-state index is -0.772. The van der Waals surface area contributed by atoms with Gasteiger partial charge in [0.2, 0.25) is 0 Å². The second kappa shape index (κ2) is 6.60. The van der Waals surface area contributed by atoms with E-state index in [4.69, 9.17) is 0 Å². The average Bonchev–Trinajstić information content (AvgIpc) is 2.54. The van der Waals surface area contributed by atoms with Gasteiger partial charge in [-0.1, -0.05) is 0 Å². The third kappa shape index (κ3) is 3.55. The van der Waals surface area contributed by atoms with Crippen molar-refractivity contribution in [3.8, 4) is 11.5 Å². The van der Waals surface area contributed by atoms with Gasteiger partial charge in [0.05, 0.1) is 21.6 Å². The molecule has 124 valence electrons. The fourth-order valence-corrected chi connectivity index (χ4v) is 1.90. The monoisotopic (exact) mass is 332 g/mol. The van der Waals surface area contributed by atoms with Crippen molar-refractivity contribution in [2.24, 2.45) is 5.10 Å². The highest BCUT2D eigenvalue weighted by Crippen LogP contribution is 2.29. The Morgan fingerprint density at radius 1 is 1.08 bits per heavy atom. The zero-order valence-electron chi connectivity index (χ0n) is 12.3. The van der Waals surface area contributed by atoms with Gasteiger partial charge >= 0.3 is 5.69 Å². The van der Waals surface area contributed by atoms with Gasteiger partial charge in [-0.05, 0) is 31.2 Å². The normalized spacial score (nSPS) is 11.1. The van der Waals surface area contributed by atoms with Gasteiger partial charge in [0.1, 0.15) is 17.2 Å². The molecule has 0 unspecified atom stereocenters. The number of rotatable bonds is 5. The van der Waals surface area contributed by atoms with Crippen LogP contribution in [-0.2, 0) is 0 Å². The molecule has 0 radical (unpaired) electrons. The zero-order valence-corrected chi connectivity index (χ0v) is 12.3. The molecule has 10 heteroatoms. The summed E-state index contributed by atoms with van der Waals surface area (Å²) in [4.78, 5) is 20.2. The van der Waals surface area contributed by atoms with Gasteiger partial charge in [0.25, 0.3) is 5.69 Å². The van der Waals surface area contributed by atoms with E-state index >= 15 is 0 Å². The number of hydrogen-bond acceptors (Lipinski definition) is 8. The summed E-state index contributed by atoms with van der Waals surface area (Å²) in [6.45, 7) is 1.51. The number of hydrogen-bond donors (Lipinski definition) is 3. The number of nitro benzene ring substituents is 2. The van der Waals surface area contributed by atoms with Crippen LogP contribution < -0.4 is 5.43 Å². The highest BCUT2D eigenvalue weighted by Gasteiger charge is 2.19. The second-order valence-electron chi connectivity index (χ2n) is 4.73. The predicted octanol–water partition coefficient (Wildman–Crippen LogP) is 2.75. The van der Waals surface area contributed by atoms with Crippen LogP contribution in [0.2, 0.25) is 0 Å². The summed E-state index contributed by atoms with van der Waals surface area (Å²) in [5, 5.41) is 44.8. The van der Waals surface area contributed by atoms with Crippen LogP contribution in [0.4, 0.5) is 17.1 Å². The van der Waals surface area contributed by atoms with Crippen molar-refractivity contribution in [2.45, 2.75) is 6.92 Å². The lowest BCUT2D eigenvalue weighted by Gasteiger charge is -2.06. The molecule has 2 rings (SSSR count). The largest absolute Gasteiger partial charge is 0.508 e. The number of benzene rings is 2. The summed E-state index contributed by atoms with van der Waals surface area (Å²) >= 11 is 0. The number of nitrogens with one attached hydrogen (secondary N) is 1. The molecule has 0 heterocycles. The first-order valence-electron chi connectivity index (χ1n) is 6.55. The first-order valence-corrected chi connectivity index (χ1v) is 6.55. The maximum atomic E-state index is 11.0. The molecular formula is C14H12N4O6. The molecule has 0 amide bonds. The molecule has 3 N–H and O–H groups in total. The number of hydrazone groups is 1. The third-order valence-corrected chi connectivity index (χ3v) is 3.10. The van der Waals surface area contributed by atoms with Gasteiger partial charge in [-0.25, -0.2) is 0 Å². The SMILES string of the molecule is C/C(=N/Nc1ccc([N+](=O)[O-])cc1[N+](=O)[O-])c1cc(O)ccc1O. The van der Waals surface area contributed by atoms with Gasteiger partial charge in [-0.2, -0.15) is 5.10 Å². The van der Waals surface area contributed by atoms with Crippen LogP contribution in [-0.4, -0.2) is 25.8 Å². The smallest absolute Gasteiger partial charge is 0.301 e. The lowest BCUT2D eigenvalue weighted by molar-refractivity contribution is -0.393. The van der Waals surface area contributed by atoms with Crippen molar-refractivity contribution in [2.75, 3.05) is 5.43 Å². The van der Waals surface area contributed by atoms with E-state index in [0.717, 1.165) is 18.2 Å². The Labute approximate surface area is 135 Å². The van der Waals surface area contributed by atoms with Gasteiger partial charge in [-0.3, -0.25) is 25.7 Å². The van der Waals surface area contributed by atoms with Crippen LogP contribution in [0.25, 0.3) is 0 Å². The van der Waals surface area contributed by atoms with Gasteiger partial charge < -0.3 is 10.2 Å². The average molecular weight is 332 g/mol. The summed E-state index contributed by atoms with van der Waals surface area (Å²) in [6, 6.07) is 6.93. The van der Waals surface area contributed by atoms with E-state index in [1.54, 1.807) is 0 Å². The van der Waals surface area contributed by atoms with Gasteiger partial charge in [-0.15, -0.1) is 0 Å². The Kier molecular flexibility index (Phi) is 4.59. The molecule has 0 aliphatic carbocycles. The minimum Gasteiger partial charge on any atom is -0.508 e. The highest BCUT2D eigenvalue weighted by molar-refractivity contribution is 6.01. The van der Waals surface area contributed by atoms with Gasteiger partial charge in [0.15, 0.2) is 0 Å². The Morgan fingerprint density at radius 3 is 2.42 bits per heavy atom. The van der Waals surface area contributed by atoms with E-state index in [9.17, 15) is 30.4 Å². The summed E-state index contributed by atoms with van der Waals surface area (Å²) in [7, 11) is 0. The molecule has 0 fully saturated rings. The summed E-state index contributed by atoms with van der Waals surface area (Å²) in [5.74, 6) is -0.215. The molecule has 0 spiro atoms. The van der Waals surface area contributed by atoms with E-state index in [1.165, 1.54) is 25.1 Å². The number of nitro groups is 2. The van der Waals surface area contributed by atoms with Crippen molar-refractivity contribution >= 4 is 22.8 Å². The van der Waals surface area contributed by atoms with E-state index in [0.29, 0.717) is 0 Å². The Balaban J connectivity index is 2.35. The topological polar surface area (TPSA) is 151 Å². The molecule has 0 aromatic heterocycles. The Hall–Kier alpha value is -3.69. The molecule has 0 aliphatic rings. The first-order chi connectivity index (χ1) is 11.3. The molecule has 0 atom stereocenters. The molecule has 24 heavy (non-hydrogen) atoms. The lowest BCUT2D eigenvalue weighted by atomic mass is 10.1. The fraction of sp³-hybridized carbons (Fsp3) is 0.0714. The number of aromatic hydroxyl groups is 2. The predicted molar refractivity (Wildman–Crippen MR) is 85.4 cm³/mol. The molecule has 0 bridgehead atoms. The fourth-order valence-electron chi connectivity index (χ4n) is 1.90. The lowest BCUT2D eigenvalue weighted by Crippen LogP contribution is -2.02. The highest BCUT2D eigenvalue weighted by atomic mass is 16.6. The third-order valence-electron chi connectivity index (χ3n) is 3.10. The van der Waals surface area contributed by atoms with E-state index in [-0.39, 0.29) is 28.5 Å². The number of phenols is 2. The maximum absolute atomic E-state index is 11.0. The van der Waals surface area contributed by atoms with E-state index in [2.05, 4.69) is 10.5 Å². The van der Waals surface area contributed by atoms with Crippen LogP contribution in [0.3, 0.4) is 0 Å². The van der Waals surface area contributed by atoms with Crippen molar-refractivity contribution in [1.82, 2.24) is 0 Å². The quantitative estimate of drug-likeness (QED) is 0.329. The van der Waals surface area contributed by atoms with Crippen LogP contribution in [0.5, 0.6) is 11.5 Å². The number of nitrogens with zero attached hydrogens (tertiary/aromatic N) is 3. The maximum Gasteiger partial charge on any atom is 0.301 e. The molecule has 0 saturated heterocycles. The molecule has 0 aliphatic heterocycles. The number of phenolic OH excluding ortho intramolecular Hbond substituents is 2. The number of non-ortho nitro benzene ring substituents is 1. The van der Waals surface area contributed by atoms with Crippen molar-refractivity contribution in [1.29, 1.82) is 0 Å². The summed E-state index contributed by atoms with van der Waals surface area (Å²) in [6.07, 6.45) is 0. The molecule has 2 aromatic rings. The minimum absolute atomic E-state index is 0.0513. The second-order valence-corrected chi connectivity index (χ2v) is 4.73. The first kappa shape index (κ1) is 16.7. The van der Waals surface area contributed by atoms with Crippen LogP contribution in [0.15, 0.2) is 41.5 Å². The van der Waals surface area contributed by atoms with E-state index < -0.39 is 21.2 Å². The summed E-state index contributed by atoms with van der Waals surface area (Å²) in [5.41, 5.74) is 1.93. The molecule has 2 aromatic carbocycles. The van der Waals surface area contributed by atoms with Crippen molar-refractivity contribution in [3.63, 3.8) is 0 Å². The van der Waals surface area contributed by atoms with Crippen molar-refractivity contribution in [3.05, 3.63) is 62.2 Å². The molecular weight excluding hydrogens is 320 g/mol. The standard InChI is InChI=1S/C14H12N4O6/c1-8(11-7-10(19)3-5-14(11)20)15-16-12-4-2-9(17(21)22)6-13(12)18(23)24/h2-7,16,19-20H,1H3/b15-8-. The van der Waals surface area contributed by atoms with Crippen LogP contribution in [0, 0.1) is 20.2 Å². The van der Waals surface area contributed by atoms with Gasteiger partial charge in [0, 0.05) is 11.6 Å². The molecule has 0 saturated carbocycles. The van der Waals surface area contributed by atoms with Crippen LogP contribution >= 0.6 is 0 Å². The van der Waals surface area contributed by atoms with E-state index in [1.807, 2.05) is 0 Å². The number of anilines is 1. The Morgan fingerprint density at radius 2 is 1.79 bits per heavy atom. The molecule has 10 nitrogen and oxygen atoms in total. The zero-order chi connectivity index (χ0) is 17.9.